The summed E-state index contributed by atoms with van der Waals surface area (Å²) in [6.07, 6.45) is 6.37. The van der Waals surface area contributed by atoms with Crippen molar-refractivity contribution in [2.24, 2.45) is 0 Å². The van der Waals surface area contributed by atoms with Crippen molar-refractivity contribution in [3.05, 3.63) is 48.6 Å². The van der Waals surface area contributed by atoms with Gasteiger partial charge in [-0.2, -0.15) is 0 Å². The number of benzene rings is 1. The Balaban J connectivity index is 2.00. The van der Waals surface area contributed by atoms with E-state index >= 15 is 0 Å². The van der Waals surface area contributed by atoms with Crippen molar-refractivity contribution < 1.29 is 18.9 Å². The van der Waals surface area contributed by atoms with Gasteiger partial charge >= 0.3 is 0 Å². The molecule has 0 aromatic heterocycles. The van der Waals surface area contributed by atoms with Gasteiger partial charge in [-0.3, -0.25) is 0 Å². The van der Waals surface area contributed by atoms with E-state index in [4.69, 9.17) is 18.9 Å². The zero-order chi connectivity index (χ0) is 14.2. The molecule has 3 atom stereocenters. The van der Waals surface area contributed by atoms with Crippen LogP contribution in [0.25, 0.3) is 0 Å². The number of rotatable bonds is 4. The molecule has 3 rings (SSSR count). The summed E-state index contributed by atoms with van der Waals surface area (Å²) in [5.74, 6) is 0.603. The fourth-order valence-corrected chi connectivity index (χ4v) is 2.71. The van der Waals surface area contributed by atoms with Crippen molar-refractivity contribution in [1.82, 2.24) is 0 Å². The smallest absolute Gasteiger partial charge is 0.200 e. The van der Waals surface area contributed by atoms with E-state index in [0.29, 0.717) is 17.9 Å². The maximum atomic E-state index is 6.08. The largest absolute Gasteiger partial charge is 0.493 e. The predicted octanol–water partition coefficient (Wildman–Crippen LogP) is 2.79. The van der Waals surface area contributed by atoms with Crippen LogP contribution in [0, 0.1) is 0 Å². The number of methoxy groups -OCH3 is 2. The summed E-state index contributed by atoms with van der Waals surface area (Å²) in [6.45, 7) is 3.81. The standard InChI is InChI=1S/C16H18O4/c1-4-12-14-6-5-9-16(19-12,20-14)11-7-8-13(17-2)15(10-11)18-3/h4-8,10,12,14H,1,9H2,2-3H3/t12?,14?,16-/m1/s1. The molecule has 0 aliphatic carbocycles. The van der Waals surface area contributed by atoms with Crippen LogP contribution in [0.5, 0.6) is 11.5 Å². The maximum absolute atomic E-state index is 6.08. The Labute approximate surface area is 118 Å². The third-order valence-corrected chi connectivity index (χ3v) is 3.74. The maximum Gasteiger partial charge on any atom is 0.200 e. The van der Waals surface area contributed by atoms with Gasteiger partial charge in [0, 0.05) is 12.0 Å². The van der Waals surface area contributed by atoms with Crippen molar-refractivity contribution in [2.45, 2.75) is 24.4 Å². The number of fused-ring (bicyclic) bond motifs is 2. The molecular formula is C16H18O4. The lowest BCUT2D eigenvalue weighted by molar-refractivity contribution is -0.178. The van der Waals surface area contributed by atoms with E-state index in [2.05, 4.69) is 12.7 Å². The second-order valence-corrected chi connectivity index (χ2v) is 4.86. The molecule has 2 aliphatic rings. The molecule has 0 radical (unpaired) electrons. The molecule has 2 aliphatic heterocycles. The summed E-state index contributed by atoms with van der Waals surface area (Å²) in [4.78, 5) is 0. The third-order valence-electron chi connectivity index (χ3n) is 3.74. The van der Waals surface area contributed by atoms with Crippen molar-refractivity contribution in [2.75, 3.05) is 14.2 Å². The Morgan fingerprint density at radius 1 is 1.25 bits per heavy atom. The first-order valence-electron chi connectivity index (χ1n) is 6.60. The van der Waals surface area contributed by atoms with Gasteiger partial charge in [0.05, 0.1) is 14.2 Å². The van der Waals surface area contributed by atoms with Crippen LogP contribution in [0.1, 0.15) is 12.0 Å². The van der Waals surface area contributed by atoms with Crippen LogP contribution >= 0.6 is 0 Å². The Hall–Kier alpha value is -1.78. The SMILES string of the molecule is C=CC1O[C@]2(c3ccc(OC)c(OC)c3)CC=CC1O2. The average Bonchev–Trinajstić information content (AvgIpc) is 2.77. The molecule has 1 saturated heterocycles. The van der Waals surface area contributed by atoms with Crippen LogP contribution in [0.4, 0.5) is 0 Å². The van der Waals surface area contributed by atoms with Crippen molar-refractivity contribution in [1.29, 1.82) is 0 Å². The van der Waals surface area contributed by atoms with Gasteiger partial charge in [-0.25, -0.2) is 0 Å². The van der Waals surface area contributed by atoms with E-state index < -0.39 is 5.79 Å². The summed E-state index contributed by atoms with van der Waals surface area (Å²) in [6, 6.07) is 5.72. The molecule has 0 amide bonds. The fourth-order valence-electron chi connectivity index (χ4n) is 2.71. The molecular weight excluding hydrogens is 256 g/mol. The highest BCUT2D eigenvalue weighted by atomic mass is 16.8. The average molecular weight is 274 g/mol. The number of hydrogen-bond acceptors (Lipinski definition) is 4. The van der Waals surface area contributed by atoms with E-state index in [1.54, 1.807) is 20.3 Å². The summed E-state index contributed by atoms with van der Waals surface area (Å²) >= 11 is 0. The summed E-state index contributed by atoms with van der Waals surface area (Å²) in [5, 5.41) is 0. The summed E-state index contributed by atoms with van der Waals surface area (Å²) in [7, 11) is 3.23. The molecule has 2 heterocycles. The molecule has 4 nitrogen and oxygen atoms in total. The Morgan fingerprint density at radius 3 is 2.75 bits per heavy atom. The third kappa shape index (κ3) is 1.92. The van der Waals surface area contributed by atoms with Crippen molar-refractivity contribution >= 4 is 0 Å². The lowest BCUT2D eigenvalue weighted by atomic mass is 10.00. The molecule has 4 heteroatoms. The highest BCUT2D eigenvalue weighted by Crippen LogP contribution is 2.46. The van der Waals surface area contributed by atoms with Gasteiger partial charge in [0.2, 0.25) is 0 Å². The molecule has 1 fully saturated rings. The lowest BCUT2D eigenvalue weighted by Crippen LogP contribution is -2.29. The Bertz CT molecular complexity index is 551. The van der Waals surface area contributed by atoms with Crippen molar-refractivity contribution in [3.8, 4) is 11.5 Å². The highest BCUT2D eigenvalue weighted by molar-refractivity contribution is 5.45. The molecule has 1 aromatic rings. The Morgan fingerprint density at radius 2 is 2.05 bits per heavy atom. The minimum absolute atomic E-state index is 0.0747. The highest BCUT2D eigenvalue weighted by Gasteiger charge is 2.48. The van der Waals surface area contributed by atoms with Gasteiger partial charge in [-0.1, -0.05) is 18.2 Å². The first-order chi connectivity index (χ1) is 9.72. The first-order valence-corrected chi connectivity index (χ1v) is 6.60. The molecule has 1 aromatic carbocycles. The van der Waals surface area contributed by atoms with Gasteiger partial charge in [0.1, 0.15) is 12.2 Å². The summed E-state index contributed by atoms with van der Waals surface area (Å²) < 4.78 is 22.8. The van der Waals surface area contributed by atoms with E-state index in [9.17, 15) is 0 Å². The van der Waals surface area contributed by atoms with E-state index in [0.717, 1.165) is 5.56 Å². The number of hydrogen-bond donors (Lipinski definition) is 0. The van der Waals surface area contributed by atoms with Crippen LogP contribution in [-0.4, -0.2) is 26.4 Å². The predicted molar refractivity (Wildman–Crippen MR) is 74.9 cm³/mol. The second kappa shape index (κ2) is 4.96. The fraction of sp³-hybridized carbons (Fsp3) is 0.375. The van der Waals surface area contributed by atoms with Gasteiger partial charge in [-0.15, -0.1) is 6.58 Å². The van der Waals surface area contributed by atoms with Gasteiger partial charge in [-0.05, 0) is 18.2 Å². The second-order valence-electron chi connectivity index (χ2n) is 4.86. The van der Waals surface area contributed by atoms with Crippen LogP contribution in [0.3, 0.4) is 0 Å². The topological polar surface area (TPSA) is 36.9 Å². The van der Waals surface area contributed by atoms with E-state index in [-0.39, 0.29) is 12.2 Å². The van der Waals surface area contributed by atoms with Crippen LogP contribution in [0.2, 0.25) is 0 Å². The molecule has 20 heavy (non-hydrogen) atoms. The van der Waals surface area contributed by atoms with Gasteiger partial charge in [0.15, 0.2) is 17.3 Å². The van der Waals surface area contributed by atoms with Gasteiger partial charge in [0.25, 0.3) is 0 Å². The normalized spacial score (nSPS) is 31.1. The monoisotopic (exact) mass is 274 g/mol. The first kappa shape index (κ1) is 13.2. The van der Waals surface area contributed by atoms with Crippen molar-refractivity contribution in [3.63, 3.8) is 0 Å². The van der Waals surface area contributed by atoms with Crippen LogP contribution in [0.15, 0.2) is 43.0 Å². The lowest BCUT2D eigenvalue weighted by Gasteiger charge is -2.29. The number of ether oxygens (including phenoxy) is 4. The van der Waals surface area contributed by atoms with E-state index in [1.165, 1.54) is 0 Å². The molecule has 106 valence electrons. The van der Waals surface area contributed by atoms with E-state index in [1.807, 2.05) is 24.3 Å². The van der Waals surface area contributed by atoms with Gasteiger partial charge < -0.3 is 18.9 Å². The minimum atomic E-state index is -0.752. The summed E-state index contributed by atoms with van der Waals surface area (Å²) in [5.41, 5.74) is 0.925. The van der Waals surface area contributed by atoms with Crippen LogP contribution in [-0.2, 0) is 15.3 Å². The molecule has 2 unspecified atom stereocenters. The Kier molecular flexibility index (Phi) is 3.28. The minimum Gasteiger partial charge on any atom is -0.493 e. The van der Waals surface area contributed by atoms with Crippen LogP contribution < -0.4 is 9.47 Å². The quantitative estimate of drug-likeness (QED) is 0.791. The molecule has 0 saturated carbocycles. The molecule has 0 spiro atoms. The zero-order valence-corrected chi connectivity index (χ0v) is 11.7. The zero-order valence-electron chi connectivity index (χ0n) is 11.7. The molecule has 2 bridgehead atoms. The molecule has 0 N–H and O–H groups in total.